The third-order valence-corrected chi connectivity index (χ3v) is 3.80. The SMILES string of the molecule is c1ccc(Oc2ccc(OCCCOC3CCCCO3)cc2)cc1. The van der Waals surface area contributed by atoms with Gasteiger partial charge in [0.25, 0.3) is 0 Å². The van der Waals surface area contributed by atoms with E-state index in [1.807, 2.05) is 54.6 Å². The molecule has 128 valence electrons. The first-order valence-electron chi connectivity index (χ1n) is 8.59. The van der Waals surface area contributed by atoms with Crippen LogP contribution in [0.3, 0.4) is 0 Å². The summed E-state index contributed by atoms with van der Waals surface area (Å²) in [6, 6.07) is 17.4. The summed E-state index contributed by atoms with van der Waals surface area (Å²) < 4.78 is 22.7. The molecule has 1 aliphatic heterocycles. The maximum atomic E-state index is 5.75. The fourth-order valence-electron chi connectivity index (χ4n) is 2.53. The molecule has 0 aliphatic carbocycles. The second-order valence-electron chi connectivity index (χ2n) is 5.76. The first-order chi connectivity index (χ1) is 11.9. The molecule has 0 aromatic heterocycles. The lowest BCUT2D eigenvalue weighted by molar-refractivity contribution is -0.163. The number of para-hydroxylation sites is 1. The number of hydrogen-bond acceptors (Lipinski definition) is 4. The number of ether oxygens (including phenoxy) is 4. The van der Waals surface area contributed by atoms with Crippen LogP contribution < -0.4 is 9.47 Å². The highest BCUT2D eigenvalue weighted by Gasteiger charge is 2.13. The van der Waals surface area contributed by atoms with Crippen molar-refractivity contribution in [2.24, 2.45) is 0 Å². The molecule has 4 nitrogen and oxygen atoms in total. The molecule has 1 atom stereocenters. The van der Waals surface area contributed by atoms with Gasteiger partial charge in [-0.15, -0.1) is 0 Å². The molecule has 1 aliphatic rings. The minimum absolute atomic E-state index is 0.0202. The van der Waals surface area contributed by atoms with Crippen LogP contribution in [0.25, 0.3) is 0 Å². The minimum atomic E-state index is -0.0202. The molecular weight excluding hydrogens is 304 g/mol. The standard InChI is InChI=1S/C20H24O4/c1-2-7-18(8-3-1)24-19-12-10-17(11-13-19)21-15-6-16-23-20-9-4-5-14-22-20/h1-3,7-8,10-13,20H,4-6,9,14-16H2. The third-order valence-electron chi connectivity index (χ3n) is 3.80. The summed E-state index contributed by atoms with van der Waals surface area (Å²) >= 11 is 0. The summed E-state index contributed by atoms with van der Waals surface area (Å²) in [5, 5.41) is 0. The van der Waals surface area contributed by atoms with Crippen molar-refractivity contribution in [1.29, 1.82) is 0 Å². The predicted molar refractivity (Wildman–Crippen MR) is 92.6 cm³/mol. The summed E-state index contributed by atoms with van der Waals surface area (Å²) in [5.74, 6) is 2.46. The zero-order valence-corrected chi connectivity index (χ0v) is 13.9. The van der Waals surface area contributed by atoms with E-state index in [-0.39, 0.29) is 6.29 Å². The highest BCUT2D eigenvalue weighted by atomic mass is 16.7. The van der Waals surface area contributed by atoms with Crippen LogP contribution in [-0.4, -0.2) is 26.1 Å². The molecule has 1 fully saturated rings. The molecule has 24 heavy (non-hydrogen) atoms. The number of hydrogen-bond donors (Lipinski definition) is 0. The Labute approximate surface area is 143 Å². The van der Waals surface area contributed by atoms with Crippen molar-refractivity contribution in [2.75, 3.05) is 19.8 Å². The van der Waals surface area contributed by atoms with E-state index in [1.54, 1.807) is 0 Å². The van der Waals surface area contributed by atoms with E-state index in [0.717, 1.165) is 43.1 Å². The average molecular weight is 328 g/mol. The van der Waals surface area contributed by atoms with Gasteiger partial charge in [0.05, 0.1) is 13.2 Å². The van der Waals surface area contributed by atoms with Crippen molar-refractivity contribution >= 4 is 0 Å². The molecule has 1 saturated heterocycles. The van der Waals surface area contributed by atoms with E-state index < -0.39 is 0 Å². The van der Waals surface area contributed by atoms with Gasteiger partial charge in [-0.3, -0.25) is 0 Å². The molecule has 1 unspecified atom stereocenters. The molecule has 3 rings (SSSR count). The van der Waals surface area contributed by atoms with E-state index >= 15 is 0 Å². The molecule has 0 saturated carbocycles. The Hall–Kier alpha value is -2.04. The summed E-state index contributed by atoms with van der Waals surface area (Å²) in [5.41, 5.74) is 0. The molecule has 0 amide bonds. The number of rotatable bonds is 8. The van der Waals surface area contributed by atoms with Crippen LogP contribution in [0.1, 0.15) is 25.7 Å². The fraction of sp³-hybridized carbons (Fsp3) is 0.400. The van der Waals surface area contributed by atoms with E-state index in [0.29, 0.717) is 13.2 Å². The summed E-state index contributed by atoms with van der Waals surface area (Å²) in [6.07, 6.45) is 4.17. The molecule has 0 N–H and O–H groups in total. The van der Waals surface area contributed by atoms with Crippen molar-refractivity contribution in [2.45, 2.75) is 32.0 Å². The smallest absolute Gasteiger partial charge is 0.157 e. The van der Waals surface area contributed by atoms with E-state index in [9.17, 15) is 0 Å². The second-order valence-corrected chi connectivity index (χ2v) is 5.76. The molecule has 1 heterocycles. The van der Waals surface area contributed by atoms with Crippen LogP contribution in [0.2, 0.25) is 0 Å². The monoisotopic (exact) mass is 328 g/mol. The Morgan fingerprint density at radius 1 is 0.833 bits per heavy atom. The van der Waals surface area contributed by atoms with E-state index in [1.165, 1.54) is 6.42 Å². The van der Waals surface area contributed by atoms with Crippen molar-refractivity contribution in [3.8, 4) is 17.2 Å². The fourth-order valence-corrected chi connectivity index (χ4v) is 2.53. The molecular formula is C20H24O4. The first kappa shape index (κ1) is 16.8. The quantitative estimate of drug-likeness (QED) is 0.653. The van der Waals surface area contributed by atoms with Crippen LogP contribution in [0.15, 0.2) is 54.6 Å². The average Bonchev–Trinajstić information content (AvgIpc) is 2.65. The molecule has 0 bridgehead atoms. The molecule has 0 spiro atoms. The maximum Gasteiger partial charge on any atom is 0.157 e. The second kappa shape index (κ2) is 9.30. The minimum Gasteiger partial charge on any atom is -0.494 e. The Morgan fingerprint density at radius 2 is 1.58 bits per heavy atom. The Bertz CT molecular complexity index is 576. The van der Waals surface area contributed by atoms with E-state index in [4.69, 9.17) is 18.9 Å². The van der Waals surface area contributed by atoms with Gasteiger partial charge in [-0.1, -0.05) is 18.2 Å². The maximum absolute atomic E-state index is 5.75. The van der Waals surface area contributed by atoms with Gasteiger partial charge in [0.15, 0.2) is 6.29 Å². The summed E-state index contributed by atoms with van der Waals surface area (Å²) in [6.45, 7) is 2.12. The van der Waals surface area contributed by atoms with Crippen LogP contribution in [-0.2, 0) is 9.47 Å². The van der Waals surface area contributed by atoms with Crippen LogP contribution in [0, 0.1) is 0 Å². The Morgan fingerprint density at radius 3 is 2.33 bits per heavy atom. The van der Waals surface area contributed by atoms with Gasteiger partial charge in [-0.2, -0.15) is 0 Å². The van der Waals surface area contributed by atoms with Crippen molar-refractivity contribution in [3.63, 3.8) is 0 Å². The molecule has 4 heteroatoms. The first-order valence-corrected chi connectivity index (χ1v) is 8.59. The summed E-state index contributed by atoms with van der Waals surface area (Å²) in [7, 11) is 0. The van der Waals surface area contributed by atoms with Crippen molar-refractivity contribution < 1.29 is 18.9 Å². The Balaban J connectivity index is 1.34. The summed E-state index contributed by atoms with van der Waals surface area (Å²) in [4.78, 5) is 0. The molecule has 2 aromatic carbocycles. The largest absolute Gasteiger partial charge is 0.494 e. The van der Waals surface area contributed by atoms with Gasteiger partial charge >= 0.3 is 0 Å². The molecule has 0 radical (unpaired) electrons. The number of benzene rings is 2. The van der Waals surface area contributed by atoms with Crippen LogP contribution in [0.4, 0.5) is 0 Å². The Kier molecular flexibility index (Phi) is 6.51. The lowest BCUT2D eigenvalue weighted by atomic mass is 10.2. The molecule has 2 aromatic rings. The predicted octanol–water partition coefficient (Wildman–Crippen LogP) is 4.79. The lowest BCUT2D eigenvalue weighted by Crippen LogP contribution is -2.23. The normalized spacial score (nSPS) is 17.4. The van der Waals surface area contributed by atoms with Gasteiger partial charge in [0.1, 0.15) is 17.2 Å². The third kappa shape index (κ3) is 5.55. The lowest BCUT2D eigenvalue weighted by Gasteiger charge is -2.22. The zero-order valence-electron chi connectivity index (χ0n) is 13.9. The van der Waals surface area contributed by atoms with Crippen LogP contribution >= 0.6 is 0 Å². The topological polar surface area (TPSA) is 36.9 Å². The van der Waals surface area contributed by atoms with E-state index in [2.05, 4.69) is 0 Å². The van der Waals surface area contributed by atoms with Crippen molar-refractivity contribution in [3.05, 3.63) is 54.6 Å². The van der Waals surface area contributed by atoms with Gasteiger partial charge in [-0.05, 0) is 55.7 Å². The van der Waals surface area contributed by atoms with Gasteiger partial charge in [0.2, 0.25) is 0 Å². The van der Waals surface area contributed by atoms with Crippen molar-refractivity contribution in [1.82, 2.24) is 0 Å². The highest BCUT2D eigenvalue weighted by molar-refractivity contribution is 5.35. The van der Waals surface area contributed by atoms with Gasteiger partial charge in [0, 0.05) is 13.0 Å². The van der Waals surface area contributed by atoms with Gasteiger partial charge in [-0.25, -0.2) is 0 Å². The zero-order chi connectivity index (χ0) is 16.5. The van der Waals surface area contributed by atoms with Gasteiger partial charge < -0.3 is 18.9 Å². The van der Waals surface area contributed by atoms with Crippen LogP contribution in [0.5, 0.6) is 17.2 Å². The highest BCUT2D eigenvalue weighted by Crippen LogP contribution is 2.23.